The number of nitrogens with one attached hydrogen (secondary N) is 2. The number of morpholine rings is 2. The van der Waals surface area contributed by atoms with Crippen molar-refractivity contribution in [1.82, 2.24) is 24.9 Å². The lowest BCUT2D eigenvalue weighted by atomic mass is 10.1. The van der Waals surface area contributed by atoms with Crippen molar-refractivity contribution >= 4 is 33.8 Å². The van der Waals surface area contributed by atoms with E-state index < -0.39 is 0 Å². The van der Waals surface area contributed by atoms with Crippen LogP contribution in [-0.2, 0) is 9.47 Å². The summed E-state index contributed by atoms with van der Waals surface area (Å²) in [6, 6.07) is 8.77. The van der Waals surface area contributed by atoms with Crippen molar-refractivity contribution < 1.29 is 9.47 Å². The van der Waals surface area contributed by atoms with Gasteiger partial charge in [0.25, 0.3) is 0 Å². The Morgan fingerprint density at radius 1 is 1.03 bits per heavy atom. The highest BCUT2D eigenvalue weighted by molar-refractivity contribution is 5.96. The van der Waals surface area contributed by atoms with Gasteiger partial charge in [0.2, 0.25) is 5.95 Å². The van der Waals surface area contributed by atoms with Gasteiger partial charge in [-0.1, -0.05) is 19.1 Å². The Kier molecular flexibility index (Phi) is 5.15. The molecule has 0 bridgehead atoms. The number of anilines is 2. The molecule has 9 nitrogen and oxygen atoms in total. The third-order valence-electron chi connectivity index (χ3n) is 6.77. The van der Waals surface area contributed by atoms with Crippen molar-refractivity contribution in [1.29, 1.82) is 0 Å². The molecule has 172 valence electrons. The minimum absolute atomic E-state index is 0.219. The molecule has 2 fully saturated rings. The molecule has 2 saturated heterocycles. The minimum Gasteiger partial charge on any atom is -0.377 e. The zero-order valence-electron chi connectivity index (χ0n) is 19.0. The molecule has 6 rings (SSSR count). The van der Waals surface area contributed by atoms with Crippen LogP contribution >= 0.6 is 0 Å². The maximum absolute atomic E-state index is 5.72. The van der Waals surface area contributed by atoms with Crippen molar-refractivity contribution in [3.63, 3.8) is 0 Å². The highest BCUT2D eigenvalue weighted by atomic mass is 16.5. The van der Waals surface area contributed by atoms with Crippen molar-refractivity contribution in [3.05, 3.63) is 30.5 Å². The fourth-order valence-corrected chi connectivity index (χ4v) is 4.93. The summed E-state index contributed by atoms with van der Waals surface area (Å²) in [5.41, 5.74) is 3.70. The number of imidazole rings is 1. The van der Waals surface area contributed by atoms with Crippen LogP contribution in [0.4, 0.5) is 11.8 Å². The number of hydrogen-bond donors (Lipinski definition) is 2. The third kappa shape index (κ3) is 3.52. The second-order valence-corrected chi connectivity index (χ2v) is 8.82. The monoisotopic (exact) mass is 447 g/mol. The molecule has 2 unspecified atom stereocenters. The molecular formula is C24H29N7O2. The van der Waals surface area contributed by atoms with Gasteiger partial charge in [-0.15, -0.1) is 0 Å². The van der Waals surface area contributed by atoms with E-state index >= 15 is 0 Å². The van der Waals surface area contributed by atoms with Crippen LogP contribution in [0.25, 0.3) is 33.5 Å². The van der Waals surface area contributed by atoms with Crippen molar-refractivity contribution in [3.8, 4) is 11.4 Å². The zero-order valence-corrected chi connectivity index (χ0v) is 19.0. The van der Waals surface area contributed by atoms with Gasteiger partial charge < -0.3 is 29.2 Å². The van der Waals surface area contributed by atoms with Crippen LogP contribution in [-0.4, -0.2) is 76.5 Å². The lowest BCUT2D eigenvalue weighted by molar-refractivity contribution is 0.0920. The lowest BCUT2D eigenvalue weighted by Crippen LogP contribution is -2.47. The first-order valence-electron chi connectivity index (χ1n) is 11.8. The van der Waals surface area contributed by atoms with Gasteiger partial charge in [-0.05, 0) is 25.5 Å². The first-order chi connectivity index (χ1) is 16.2. The number of H-pyrrole nitrogens is 2. The van der Waals surface area contributed by atoms with Gasteiger partial charge in [-0.25, -0.2) is 4.98 Å². The maximum atomic E-state index is 5.72. The molecule has 0 aliphatic carbocycles. The second-order valence-electron chi connectivity index (χ2n) is 8.82. The van der Waals surface area contributed by atoms with Crippen LogP contribution < -0.4 is 9.80 Å². The number of aromatic nitrogens is 5. The first-order valence-corrected chi connectivity index (χ1v) is 11.8. The molecule has 2 atom stereocenters. The molecule has 0 radical (unpaired) electrons. The highest BCUT2D eigenvalue weighted by Crippen LogP contribution is 2.33. The molecule has 33 heavy (non-hydrogen) atoms. The summed E-state index contributed by atoms with van der Waals surface area (Å²) in [4.78, 5) is 26.5. The van der Waals surface area contributed by atoms with E-state index in [0.717, 1.165) is 59.1 Å². The largest absolute Gasteiger partial charge is 0.377 e. The molecule has 1 aromatic carbocycles. The van der Waals surface area contributed by atoms with Gasteiger partial charge in [-0.2, -0.15) is 9.97 Å². The lowest BCUT2D eigenvalue weighted by Gasteiger charge is -2.37. The topological polar surface area (TPSA) is 95.2 Å². The van der Waals surface area contributed by atoms with Crippen molar-refractivity contribution in [2.24, 2.45) is 0 Å². The fourth-order valence-electron chi connectivity index (χ4n) is 4.93. The first kappa shape index (κ1) is 20.4. The molecule has 2 aliphatic heterocycles. The molecule has 0 amide bonds. The van der Waals surface area contributed by atoms with E-state index in [2.05, 4.69) is 51.8 Å². The molecule has 4 aromatic rings. The van der Waals surface area contributed by atoms with Gasteiger partial charge in [0, 0.05) is 35.8 Å². The Hall–Kier alpha value is -3.17. The molecule has 0 saturated carbocycles. The number of hydrogen-bond acceptors (Lipinski definition) is 7. The molecule has 9 heteroatoms. The summed E-state index contributed by atoms with van der Waals surface area (Å²) < 4.78 is 11.4. The van der Waals surface area contributed by atoms with Crippen molar-refractivity contribution in [2.75, 3.05) is 49.3 Å². The van der Waals surface area contributed by atoms with Crippen LogP contribution in [0.1, 0.15) is 20.3 Å². The Morgan fingerprint density at radius 2 is 1.88 bits per heavy atom. The molecule has 0 spiro atoms. The number of fused-ring (bicyclic) bond motifs is 2. The third-order valence-corrected chi connectivity index (χ3v) is 6.77. The number of rotatable bonds is 4. The SMILES string of the molecule is CCC1COCCN1c1nc(N2CCOCC2C)c2[nH]c(-c3cccc4[nH]ccc34)nc2n1. The van der Waals surface area contributed by atoms with E-state index in [1.54, 1.807) is 0 Å². The van der Waals surface area contributed by atoms with E-state index in [1.165, 1.54) is 0 Å². The Balaban J connectivity index is 1.53. The molecule has 2 N–H and O–H groups in total. The number of ether oxygens (including phenoxy) is 2. The Bertz CT molecular complexity index is 1280. The standard InChI is InChI=1S/C24H29N7O2/c1-3-16-14-33-12-10-31(16)24-28-22-20(23(29-24)30-9-11-32-13-15(30)2)26-21(27-22)18-5-4-6-19-17(18)7-8-25-19/h4-8,15-16,25H,3,9-14H2,1-2H3,(H,26,27,28,29). The number of benzene rings is 1. The van der Waals surface area contributed by atoms with Crippen LogP contribution in [0.2, 0.25) is 0 Å². The average molecular weight is 448 g/mol. The summed E-state index contributed by atoms with van der Waals surface area (Å²) in [5.74, 6) is 2.43. The normalized spacial score (nSPS) is 21.9. The van der Waals surface area contributed by atoms with E-state index in [1.807, 2.05) is 12.3 Å². The van der Waals surface area contributed by atoms with Crippen LogP contribution in [0.15, 0.2) is 30.5 Å². The van der Waals surface area contributed by atoms with Gasteiger partial charge in [0.05, 0.1) is 38.5 Å². The number of nitrogens with zero attached hydrogens (tertiary/aromatic N) is 5. The molecular weight excluding hydrogens is 418 g/mol. The maximum Gasteiger partial charge on any atom is 0.229 e. The van der Waals surface area contributed by atoms with Gasteiger partial charge >= 0.3 is 0 Å². The quantitative estimate of drug-likeness (QED) is 0.495. The van der Waals surface area contributed by atoms with Gasteiger partial charge in [0.1, 0.15) is 11.3 Å². The minimum atomic E-state index is 0.219. The van der Waals surface area contributed by atoms with Crippen LogP contribution in [0.5, 0.6) is 0 Å². The average Bonchev–Trinajstić information content (AvgIpc) is 3.51. The summed E-state index contributed by atoms with van der Waals surface area (Å²) in [6.07, 6.45) is 2.94. The predicted molar refractivity (Wildman–Crippen MR) is 129 cm³/mol. The van der Waals surface area contributed by atoms with Crippen LogP contribution in [0.3, 0.4) is 0 Å². The molecule has 5 heterocycles. The van der Waals surface area contributed by atoms with Gasteiger partial charge in [0.15, 0.2) is 11.5 Å². The number of aromatic amines is 2. The summed E-state index contributed by atoms with van der Waals surface area (Å²) >= 11 is 0. The summed E-state index contributed by atoms with van der Waals surface area (Å²) in [7, 11) is 0. The van der Waals surface area contributed by atoms with Crippen molar-refractivity contribution in [2.45, 2.75) is 32.4 Å². The fraction of sp³-hybridized carbons (Fsp3) is 0.458. The molecule has 3 aromatic heterocycles. The smallest absolute Gasteiger partial charge is 0.229 e. The van der Waals surface area contributed by atoms with Crippen LogP contribution in [0, 0.1) is 0 Å². The Labute approximate surface area is 192 Å². The Morgan fingerprint density at radius 3 is 2.73 bits per heavy atom. The second kappa shape index (κ2) is 8.31. The van der Waals surface area contributed by atoms with E-state index in [-0.39, 0.29) is 12.1 Å². The summed E-state index contributed by atoms with van der Waals surface area (Å²) in [5, 5.41) is 1.13. The van der Waals surface area contributed by atoms with E-state index in [9.17, 15) is 0 Å². The van der Waals surface area contributed by atoms with Gasteiger partial charge in [-0.3, -0.25) is 0 Å². The molecule has 2 aliphatic rings. The summed E-state index contributed by atoms with van der Waals surface area (Å²) in [6.45, 7) is 8.67. The highest BCUT2D eigenvalue weighted by Gasteiger charge is 2.29. The zero-order chi connectivity index (χ0) is 22.4. The van der Waals surface area contributed by atoms with E-state index in [0.29, 0.717) is 32.1 Å². The predicted octanol–water partition coefficient (Wildman–Crippen LogP) is 3.34. The van der Waals surface area contributed by atoms with E-state index in [4.69, 9.17) is 24.4 Å².